The van der Waals surface area contributed by atoms with Crippen molar-refractivity contribution >= 4 is 18.0 Å². The van der Waals surface area contributed by atoms with Crippen LogP contribution in [0.1, 0.15) is 58.3 Å². The highest BCUT2D eigenvalue weighted by atomic mass is 16.6. The van der Waals surface area contributed by atoms with Crippen LogP contribution in [0.4, 0.5) is 4.79 Å². The molecule has 1 spiro atoms. The molecule has 0 radical (unpaired) electrons. The largest absolute Gasteiger partial charge is 0.508 e. The van der Waals surface area contributed by atoms with Crippen molar-refractivity contribution < 1.29 is 44.3 Å². The van der Waals surface area contributed by atoms with Crippen LogP contribution in [0.3, 0.4) is 0 Å². The maximum Gasteiger partial charge on any atom is 0.404 e. The summed E-state index contributed by atoms with van der Waals surface area (Å²) in [6.45, 7) is 1.65. The van der Waals surface area contributed by atoms with Gasteiger partial charge in [-0.25, -0.2) is 9.59 Å². The Bertz CT molecular complexity index is 1400. The van der Waals surface area contributed by atoms with Crippen molar-refractivity contribution in [3.8, 4) is 23.0 Å². The van der Waals surface area contributed by atoms with Crippen molar-refractivity contribution in [2.24, 2.45) is 0 Å². The molecule has 3 aromatic carbocycles. The molecule has 190 valence electrons. The highest BCUT2D eigenvalue weighted by Crippen LogP contribution is 2.57. The molecule has 5 rings (SSSR count). The van der Waals surface area contributed by atoms with Crippen LogP contribution < -0.4 is 10.1 Å². The van der Waals surface area contributed by atoms with Crippen LogP contribution in [-0.2, 0) is 15.1 Å². The molecular formula is C27H23NO9. The number of carboxylic acids is 1. The molecular weight excluding hydrogens is 482 g/mol. The molecule has 2 heterocycles. The number of esters is 1. The number of hydrogen-bond acceptors (Lipinski definition) is 7. The second-order valence-electron chi connectivity index (χ2n) is 9.16. The predicted molar refractivity (Wildman–Crippen MR) is 128 cm³/mol. The van der Waals surface area contributed by atoms with Gasteiger partial charge in [-0.1, -0.05) is 6.07 Å². The number of hydrogen-bond donors (Lipinski definition) is 5. The van der Waals surface area contributed by atoms with Gasteiger partial charge < -0.3 is 35.2 Å². The van der Waals surface area contributed by atoms with E-state index in [1.54, 1.807) is 31.2 Å². The SMILES string of the molecule is CC(CCC(C(=O)O)c1ccc2c(c1)C1(OC2=O)c2ccc(O)cc2Oc2cc(O)ccc21)NC(=O)O. The summed E-state index contributed by atoms with van der Waals surface area (Å²) in [6.07, 6.45) is -0.766. The number of rotatable bonds is 6. The number of carboxylic acid groups (broad SMARTS) is 2. The first-order valence-corrected chi connectivity index (χ1v) is 11.5. The fourth-order valence-corrected chi connectivity index (χ4v) is 5.07. The second kappa shape index (κ2) is 8.74. The summed E-state index contributed by atoms with van der Waals surface area (Å²) in [4.78, 5) is 36.2. The number of phenolic OH excluding ortho intramolecular Hbond substituents is 2. The number of fused-ring (bicyclic) bond motifs is 6. The zero-order chi connectivity index (χ0) is 26.5. The summed E-state index contributed by atoms with van der Waals surface area (Å²) in [6, 6.07) is 13.0. The molecule has 0 saturated heterocycles. The molecule has 0 saturated carbocycles. The number of carbonyl (C=O) groups is 3. The highest BCUT2D eigenvalue weighted by Gasteiger charge is 2.54. The van der Waals surface area contributed by atoms with E-state index < -0.39 is 35.6 Å². The third-order valence-corrected chi connectivity index (χ3v) is 6.76. The van der Waals surface area contributed by atoms with Crippen molar-refractivity contribution in [3.05, 3.63) is 82.4 Å². The molecule has 0 aliphatic carbocycles. The third kappa shape index (κ3) is 3.96. The van der Waals surface area contributed by atoms with Gasteiger partial charge in [0.1, 0.15) is 23.0 Å². The molecule has 0 bridgehead atoms. The Morgan fingerprint density at radius 2 is 1.51 bits per heavy atom. The third-order valence-electron chi connectivity index (χ3n) is 6.76. The number of aliphatic carboxylic acids is 1. The van der Waals surface area contributed by atoms with Gasteiger partial charge in [0.25, 0.3) is 0 Å². The van der Waals surface area contributed by atoms with Gasteiger partial charge in [0.2, 0.25) is 0 Å². The van der Waals surface area contributed by atoms with Gasteiger partial charge in [-0.2, -0.15) is 0 Å². The number of amides is 1. The number of carbonyl (C=O) groups excluding carboxylic acids is 1. The smallest absolute Gasteiger partial charge is 0.404 e. The molecule has 3 aromatic rings. The van der Waals surface area contributed by atoms with Crippen molar-refractivity contribution in [2.75, 3.05) is 0 Å². The van der Waals surface area contributed by atoms with Gasteiger partial charge in [-0.15, -0.1) is 0 Å². The van der Waals surface area contributed by atoms with Crippen LogP contribution in [-0.4, -0.2) is 44.5 Å². The number of aromatic hydroxyl groups is 2. The fourth-order valence-electron chi connectivity index (χ4n) is 5.07. The molecule has 0 aromatic heterocycles. The Labute approximate surface area is 210 Å². The maximum atomic E-state index is 13.1. The van der Waals surface area contributed by atoms with Crippen LogP contribution in [0.2, 0.25) is 0 Å². The number of phenols is 2. The lowest BCUT2D eigenvalue weighted by Crippen LogP contribution is -2.33. The first-order chi connectivity index (χ1) is 17.6. The summed E-state index contributed by atoms with van der Waals surface area (Å²) in [7, 11) is 0. The van der Waals surface area contributed by atoms with Crippen molar-refractivity contribution in [2.45, 2.75) is 37.3 Å². The van der Waals surface area contributed by atoms with Crippen molar-refractivity contribution in [1.82, 2.24) is 5.32 Å². The first-order valence-electron chi connectivity index (χ1n) is 11.5. The minimum atomic E-state index is -1.51. The van der Waals surface area contributed by atoms with E-state index in [0.717, 1.165) is 0 Å². The van der Waals surface area contributed by atoms with E-state index in [4.69, 9.17) is 14.6 Å². The van der Waals surface area contributed by atoms with Gasteiger partial charge in [0.05, 0.1) is 11.5 Å². The summed E-state index contributed by atoms with van der Waals surface area (Å²) < 4.78 is 12.0. The zero-order valence-corrected chi connectivity index (χ0v) is 19.6. The fraction of sp³-hybridized carbons (Fsp3) is 0.222. The van der Waals surface area contributed by atoms with Gasteiger partial charge in [0.15, 0.2) is 5.60 Å². The van der Waals surface area contributed by atoms with Crippen LogP contribution in [0.15, 0.2) is 54.6 Å². The molecule has 10 heteroatoms. The normalized spacial score (nSPS) is 16.0. The molecule has 37 heavy (non-hydrogen) atoms. The molecule has 2 aliphatic heterocycles. The number of nitrogens with one attached hydrogen (secondary N) is 1. The van der Waals surface area contributed by atoms with E-state index in [2.05, 4.69) is 5.32 Å². The molecule has 10 nitrogen and oxygen atoms in total. The summed E-state index contributed by atoms with van der Waals surface area (Å²) >= 11 is 0. The van der Waals surface area contributed by atoms with Gasteiger partial charge in [-0.3, -0.25) is 4.79 Å². The average molecular weight is 505 g/mol. The lowest BCUT2D eigenvalue weighted by Gasteiger charge is -2.36. The number of ether oxygens (including phenoxy) is 2. The first kappa shape index (κ1) is 24.0. The van der Waals surface area contributed by atoms with Gasteiger partial charge in [-0.05, 0) is 61.7 Å². The Hall–Kier alpha value is -4.73. The van der Waals surface area contributed by atoms with Crippen molar-refractivity contribution in [3.63, 3.8) is 0 Å². The maximum absolute atomic E-state index is 13.1. The molecule has 0 fully saturated rings. The average Bonchev–Trinajstić information content (AvgIpc) is 3.10. The van der Waals surface area contributed by atoms with E-state index in [9.17, 15) is 29.7 Å². The lowest BCUT2D eigenvalue weighted by atomic mass is 9.76. The topological polar surface area (TPSA) is 163 Å². The molecule has 2 unspecified atom stereocenters. The van der Waals surface area contributed by atoms with Crippen LogP contribution in [0, 0.1) is 0 Å². The second-order valence-corrected chi connectivity index (χ2v) is 9.16. The molecule has 1 amide bonds. The zero-order valence-electron chi connectivity index (χ0n) is 19.6. The van der Waals surface area contributed by atoms with Crippen LogP contribution >= 0.6 is 0 Å². The predicted octanol–water partition coefficient (Wildman–Crippen LogP) is 4.27. The van der Waals surface area contributed by atoms with E-state index in [0.29, 0.717) is 22.3 Å². The monoisotopic (exact) mass is 505 g/mol. The quantitative estimate of drug-likeness (QED) is 0.308. The molecule has 5 N–H and O–H groups in total. The molecule has 2 aliphatic rings. The van der Waals surface area contributed by atoms with Gasteiger partial charge >= 0.3 is 18.0 Å². The Kier molecular flexibility index (Phi) is 5.66. The Balaban J connectivity index is 1.65. The van der Waals surface area contributed by atoms with Crippen LogP contribution in [0.25, 0.3) is 0 Å². The Morgan fingerprint density at radius 1 is 0.892 bits per heavy atom. The minimum Gasteiger partial charge on any atom is -0.508 e. The lowest BCUT2D eigenvalue weighted by molar-refractivity contribution is -0.139. The Morgan fingerprint density at radius 3 is 2.08 bits per heavy atom. The van der Waals surface area contributed by atoms with Gasteiger partial charge in [0, 0.05) is 34.9 Å². The van der Waals surface area contributed by atoms with E-state index in [1.165, 1.54) is 30.3 Å². The standard InChI is InChI=1S/C27H23NO9/c1-13(28-26(34)35)2-6-17(24(31)32)14-3-7-18-21(10-14)27(37-25(18)33)19-8-4-15(29)11-22(19)36-23-12-16(30)5-9-20(23)27/h3-5,7-13,17,28-30H,2,6H2,1H3,(H,31,32)(H,34,35). The number of benzene rings is 3. The van der Waals surface area contributed by atoms with Crippen LogP contribution in [0.5, 0.6) is 23.0 Å². The van der Waals surface area contributed by atoms with E-state index in [1.807, 2.05) is 0 Å². The highest BCUT2D eigenvalue weighted by molar-refractivity contribution is 5.97. The van der Waals surface area contributed by atoms with E-state index >= 15 is 0 Å². The summed E-state index contributed by atoms with van der Waals surface area (Å²) in [5.41, 5.74) is 0.416. The molecule has 2 atom stereocenters. The van der Waals surface area contributed by atoms with Crippen molar-refractivity contribution in [1.29, 1.82) is 0 Å². The minimum absolute atomic E-state index is 0.0779. The van der Waals surface area contributed by atoms with E-state index in [-0.39, 0.29) is 41.4 Å². The summed E-state index contributed by atoms with van der Waals surface area (Å²) in [5.74, 6) is -2.41. The summed E-state index contributed by atoms with van der Waals surface area (Å²) in [5, 5.41) is 41.4.